The van der Waals surface area contributed by atoms with E-state index < -0.39 is 15.2 Å². The molecule has 2 rings (SSSR count). The van der Waals surface area contributed by atoms with Gasteiger partial charge in [-0.15, -0.1) is 0 Å². The standard InChI is InChI=1S/C8H9NO3.C6H7NO3S/c1-2-12-8-5-3-7(4-6-8)9(10)11;8-11(9,10)7-6-4-2-1-3-5-6/h3-6H,2H2,1H3;1-5,7H,(H,8,9,10). The normalized spacial score (nSPS) is 10.2. The molecule has 0 aliphatic carbocycles. The first kappa shape index (κ1) is 18.4. The summed E-state index contributed by atoms with van der Waals surface area (Å²) < 4.78 is 35.8. The summed E-state index contributed by atoms with van der Waals surface area (Å²) in [5.74, 6) is 0.656. The van der Waals surface area contributed by atoms with E-state index in [1.807, 2.05) is 11.6 Å². The van der Waals surface area contributed by atoms with Crippen molar-refractivity contribution in [1.29, 1.82) is 0 Å². The highest BCUT2D eigenvalue weighted by atomic mass is 32.2. The van der Waals surface area contributed by atoms with Crippen molar-refractivity contribution < 1.29 is 22.6 Å². The van der Waals surface area contributed by atoms with Gasteiger partial charge in [0, 0.05) is 12.1 Å². The van der Waals surface area contributed by atoms with E-state index in [-0.39, 0.29) is 5.69 Å². The molecule has 8 nitrogen and oxygen atoms in total. The summed E-state index contributed by atoms with van der Waals surface area (Å²) in [6.45, 7) is 2.43. The molecule has 0 fully saturated rings. The van der Waals surface area contributed by atoms with Crippen molar-refractivity contribution in [1.82, 2.24) is 0 Å². The molecule has 0 atom stereocenters. The fourth-order valence-corrected chi connectivity index (χ4v) is 1.92. The van der Waals surface area contributed by atoms with Crippen LogP contribution in [0.1, 0.15) is 6.92 Å². The molecule has 2 aromatic carbocycles. The van der Waals surface area contributed by atoms with Crippen LogP contribution < -0.4 is 9.46 Å². The largest absolute Gasteiger partial charge is 0.494 e. The summed E-state index contributed by atoms with van der Waals surface area (Å²) in [7, 11) is -4.13. The van der Waals surface area contributed by atoms with Gasteiger partial charge in [0.05, 0.1) is 17.2 Å². The Labute approximate surface area is 133 Å². The number of nitro benzene ring substituents is 1. The van der Waals surface area contributed by atoms with E-state index in [1.165, 1.54) is 24.3 Å². The molecule has 2 aromatic rings. The van der Waals surface area contributed by atoms with Gasteiger partial charge < -0.3 is 4.74 Å². The van der Waals surface area contributed by atoms with Gasteiger partial charge >= 0.3 is 10.3 Å². The first-order chi connectivity index (χ1) is 10.8. The Hall–Kier alpha value is -2.65. The molecule has 2 N–H and O–H groups in total. The highest BCUT2D eigenvalue weighted by Crippen LogP contribution is 2.16. The van der Waals surface area contributed by atoms with Crippen LogP contribution in [0.25, 0.3) is 0 Å². The molecule has 0 radical (unpaired) electrons. The van der Waals surface area contributed by atoms with Crippen molar-refractivity contribution in [3.63, 3.8) is 0 Å². The fourth-order valence-electron chi connectivity index (χ4n) is 1.49. The topological polar surface area (TPSA) is 119 Å². The first-order valence-corrected chi connectivity index (χ1v) is 7.93. The molecule has 124 valence electrons. The Bertz CT molecular complexity index is 717. The third-order valence-corrected chi connectivity index (χ3v) is 2.87. The monoisotopic (exact) mass is 340 g/mol. The van der Waals surface area contributed by atoms with Gasteiger partial charge in [0.25, 0.3) is 5.69 Å². The Morgan fingerprint density at radius 1 is 1.13 bits per heavy atom. The Morgan fingerprint density at radius 3 is 2.13 bits per heavy atom. The quantitative estimate of drug-likeness (QED) is 0.491. The van der Waals surface area contributed by atoms with Crippen LogP contribution in [-0.4, -0.2) is 24.5 Å². The number of ether oxygens (including phenoxy) is 1. The second-order valence-electron chi connectivity index (χ2n) is 4.13. The molecule has 0 heterocycles. The van der Waals surface area contributed by atoms with Gasteiger partial charge in [0.1, 0.15) is 5.75 Å². The van der Waals surface area contributed by atoms with Crippen LogP contribution in [0.5, 0.6) is 5.75 Å². The number of anilines is 1. The molecule has 0 spiro atoms. The van der Waals surface area contributed by atoms with Crippen LogP contribution >= 0.6 is 0 Å². The van der Waals surface area contributed by atoms with Crippen LogP contribution in [0, 0.1) is 10.1 Å². The maximum atomic E-state index is 10.2. The zero-order chi connectivity index (χ0) is 17.3. The minimum atomic E-state index is -4.13. The lowest BCUT2D eigenvalue weighted by Crippen LogP contribution is -2.09. The van der Waals surface area contributed by atoms with Crippen LogP contribution in [0.2, 0.25) is 0 Å². The molecule has 0 bridgehead atoms. The maximum Gasteiger partial charge on any atom is 0.357 e. The van der Waals surface area contributed by atoms with Gasteiger partial charge in [-0.2, -0.15) is 8.42 Å². The van der Waals surface area contributed by atoms with Crippen LogP contribution in [-0.2, 0) is 10.3 Å². The van der Waals surface area contributed by atoms with E-state index in [1.54, 1.807) is 30.3 Å². The lowest BCUT2D eigenvalue weighted by Gasteiger charge is -2.00. The lowest BCUT2D eigenvalue weighted by atomic mass is 10.3. The van der Waals surface area contributed by atoms with Crippen molar-refractivity contribution in [2.24, 2.45) is 0 Å². The van der Waals surface area contributed by atoms with Crippen LogP contribution in [0.4, 0.5) is 11.4 Å². The van der Waals surface area contributed by atoms with Gasteiger partial charge in [-0.3, -0.25) is 19.4 Å². The number of nitro groups is 1. The SMILES string of the molecule is CCOc1ccc([N+](=O)[O-])cc1.O=S(=O)(O)Nc1ccccc1. The number of rotatable bonds is 5. The Morgan fingerprint density at radius 2 is 1.70 bits per heavy atom. The fraction of sp³-hybridized carbons (Fsp3) is 0.143. The van der Waals surface area contributed by atoms with Crippen molar-refractivity contribution in [2.75, 3.05) is 11.3 Å². The zero-order valence-corrected chi connectivity index (χ0v) is 13.1. The molecular formula is C14H16N2O6S. The number of hydrogen-bond donors (Lipinski definition) is 2. The predicted molar refractivity (Wildman–Crippen MR) is 85.9 cm³/mol. The summed E-state index contributed by atoms with van der Waals surface area (Å²) in [5, 5.41) is 10.2. The third kappa shape index (κ3) is 7.79. The smallest absolute Gasteiger partial charge is 0.357 e. The van der Waals surface area contributed by atoms with E-state index in [0.717, 1.165) is 0 Å². The molecule has 23 heavy (non-hydrogen) atoms. The van der Waals surface area contributed by atoms with E-state index in [9.17, 15) is 18.5 Å². The van der Waals surface area contributed by atoms with E-state index in [0.29, 0.717) is 18.0 Å². The van der Waals surface area contributed by atoms with Crippen molar-refractivity contribution in [2.45, 2.75) is 6.92 Å². The van der Waals surface area contributed by atoms with Gasteiger partial charge in [-0.05, 0) is 31.2 Å². The minimum absolute atomic E-state index is 0.0819. The van der Waals surface area contributed by atoms with E-state index in [2.05, 4.69) is 0 Å². The average molecular weight is 340 g/mol. The van der Waals surface area contributed by atoms with E-state index >= 15 is 0 Å². The lowest BCUT2D eigenvalue weighted by molar-refractivity contribution is -0.384. The van der Waals surface area contributed by atoms with Crippen molar-refractivity contribution in [3.8, 4) is 5.75 Å². The maximum absolute atomic E-state index is 10.2. The minimum Gasteiger partial charge on any atom is -0.494 e. The van der Waals surface area contributed by atoms with Gasteiger partial charge in [-0.1, -0.05) is 18.2 Å². The summed E-state index contributed by atoms with van der Waals surface area (Å²) in [4.78, 5) is 9.80. The first-order valence-electron chi connectivity index (χ1n) is 6.49. The molecular weight excluding hydrogens is 324 g/mol. The summed E-state index contributed by atoms with van der Waals surface area (Å²) in [6, 6.07) is 14.1. The van der Waals surface area contributed by atoms with Crippen molar-refractivity contribution >= 4 is 21.7 Å². The third-order valence-electron chi connectivity index (χ3n) is 2.38. The molecule has 9 heteroatoms. The number of benzene rings is 2. The van der Waals surface area contributed by atoms with Crippen LogP contribution in [0.3, 0.4) is 0 Å². The second kappa shape index (κ2) is 8.71. The number of non-ortho nitro benzene ring substituents is 1. The number of nitrogens with one attached hydrogen (secondary N) is 1. The number of para-hydroxylation sites is 1. The second-order valence-corrected chi connectivity index (χ2v) is 5.28. The predicted octanol–water partition coefficient (Wildman–Crippen LogP) is 2.89. The highest BCUT2D eigenvalue weighted by molar-refractivity contribution is 7.87. The van der Waals surface area contributed by atoms with Crippen LogP contribution in [0.15, 0.2) is 54.6 Å². The average Bonchev–Trinajstić information content (AvgIpc) is 2.48. The molecule has 0 unspecified atom stereocenters. The molecule has 0 aliphatic rings. The summed E-state index contributed by atoms with van der Waals surface area (Å²) in [5.41, 5.74) is 0.424. The van der Waals surface area contributed by atoms with Gasteiger partial charge in [0.15, 0.2) is 0 Å². The number of hydrogen-bond acceptors (Lipinski definition) is 5. The zero-order valence-electron chi connectivity index (χ0n) is 12.2. The number of nitrogens with zero attached hydrogens (tertiary/aromatic N) is 1. The van der Waals surface area contributed by atoms with E-state index in [4.69, 9.17) is 9.29 Å². The van der Waals surface area contributed by atoms with Gasteiger partial charge in [0.2, 0.25) is 0 Å². The molecule has 0 aliphatic heterocycles. The Kier molecular flexibility index (Phi) is 6.97. The molecule has 0 amide bonds. The van der Waals surface area contributed by atoms with Gasteiger partial charge in [-0.25, -0.2) is 0 Å². The summed E-state index contributed by atoms with van der Waals surface area (Å²) in [6.07, 6.45) is 0. The molecule has 0 aromatic heterocycles. The highest BCUT2D eigenvalue weighted by Gasteiger charge is 2.03. The summed E-state index contributed by atoms with van der Waals surface area (Å²) >= 11 is 0. The van der Waals surface area contributed by atoms with Crippen molar-refractivity contribution in [3.05, 3.63) is 64.7 Å². The Balaban J connectivity index is 0.000000231. The molecule has 0 saturated carbocycles. The molecule has 0 saturated heterocycles.